The molecule has 4 aromatic heterocycles. The Labute approximate surface area is 276 Å². The molecule has 0 aromatic carbocycles. The van der Waals surface area contributed by atoms with Crippen molar-refractivity contribution in [2.75, 3.05) is 33.0 Å². The van der Waals surface area contributed by atoms with Crippen LogP contribution in [-0.2, 0) is 27.7 Å². The lowest BCUT2D eigenvalue weighted by Gasteiger charge is -2.39. The van der Waals surface area contributed by atoms with Gasteiger partial charge in [-0.25, -0.2) is 14.5 Å². The maximum atomic E-state index is 12.4. The third-order valence-electron chi connectivity index (χ3n) is 9.82. The van der Waals surface area contributed by atoms with E-state index >= 15 is 0 Å². The number of thiophene rings is 1. The molecule has 3 aliphatic rings. The van der Waals surface area contributed by atoms with Gasteiger partial charge in [0.05, 0.1) is 29.7 Å². The predicted octanol–water partition coefficient (Wildman–Crippen LogP) is 4.45. The second-order valence-corrected chi connectivity index (χ2v) is 13.6. The molecule has 0 radical (unpaired) electrons. The van der Waals surface area contributed by atoms with Gasteiger partial charge in [-0.3, -0.25) is 4.90 Å². The minimum Gasteiger partial charge on any atom is -0.473 e. The van der Waals surface area contributed by atoms with Crippen molar-refractivity contribution in [3.8, 4) is 29.3 Å². The quantitative estimate of drug-likeness (QED) is 0.265. The van der Waals surface area contributed by atoms with E-state index in [4.69, 9.17) is 34.4 Å². The van der Waals surface area contributed by atoms with Crippen molar-refractivity contribution in [1.82, 2.24) is 29.8 Å². The average Bonchev–Trinajstić information content (AvgIpc) is 3.86. The van der Waals surface area contributed by atoms with Gasteiger partial charge < -0.3 is 24.5 Å². The maximum absolute atomic E-state index is 12.4. The summed E-state index contributed by atoms with van der Waals surface area (Å²) in [5, 5.41) is 19.7. The summed E-state index contributed by atoms with van der Waals surface area (Å²) in [6, 6.07) is 5.68. The average molecular weight is 659 g/mol. The van der Waals surface area contributed by atoms with Gasteiger partial charge in [-0.1, -0.05) is 5.16 Å². The zero-order chi connectivity index (χ0) is 32.9. The molecular formula is C33H38N8O5S. The number of hydrogen-bond donors (Lipinski definition) is 1. The zero-order valence-corrected chi connectivity index (χ0v) is 27.8. The van der Waals surface area contributed by atoms with Gasteiger partial charge >= 0.3 is 5.97 Å². The van der Waals surface area contributed by atoms with Crippen molar-refractivity contribution in [3.05, 3.63) is 51.4 Å². The fourth-order valence-electron chi connectivity index (χ4n) is 7.79. The third kappa shape index (κ3) is 5.26. The largest absolute Gasteiger partial charge is 0.473 e. The molecule has 0 unspecified atom stereocenters. The molecule has 13 nitrogen and oxygen atoms in total. The Morgan fingerprint density at radius 1 is 1.30 bits per heavy atom. The van der Waals surface area contributed by atoms with E-state index in [0.717, 1.165) is 73.3 Å². The SMILES string of the molecule is CCOC(=O)c1ccn(-c2cc(O[C@@H](C)[C@@H]3[C@@H](OC)CCN3C)nc(-c3noc4c3CCC[C@@]43CCCc4sc(N)c(C#N)c43)n2)n1. The Morgan fingerprint density at radius 2 is 2.11 bits per heavy atom. The summed E-state index contributed by atoms with van der Waals surface area (Å²) in [7, 11) is 3.79. The molecule has 2 aliphatic carbocycles. The number of carbonyl (C=O) groups is 1. The molecule has 14 heteroatoms. The van der Waals surface area contributed by atoms with E-state index in [2.05, 4.69) is 28.3 Å². The van der Waals surface area contributed by atoms with Crippen LogP contribution in [0.5, 0.6) is 5.88 Å². The van der Waals surface area contributed by atoms with Crippen LogP contribution in [0.2, 0.25) is 0 Å². The first-order valence-electron chi connectivity index (χ1n) is 16.1. The highest BCUT2D eigenvalue weighted by Gasteiger charge is 2.49. The molecule has 1 aliphatic heterocycles. The van der Waals surface area contributed by atoms with Crippen LogP contribution in [0.15, 0.2) is 22.9 Å². The highest BCUT2D eigenvalue weighted by atomic mass is 32.1. The van der Waals surface area contributed by atoms with Crippen molar-refractivity contribution < 1.29 is 23.5 Å². The fourth-order valence-corrected chi connectivity index (χ4v) is 8.95. The molecule has 0 amide bonds. The molecule has 246 valence electrons. The standard InChI is InChI=1S/C33H38N8O5S/c1-5-44-32(42)21-10-15-41(38-21)24-16-25(45-18(2)28-22(43-4)11-14-40(28)3)37-31(36-24)27-19-8-6-12-33(29(19)46-39-27)13-7-9-23-26(33)20(17-34)30(35)47-23/h10,15-16,18,22,28H,5-9,11-14,35H2,1-4H3/t18-,22-,28+,33-/m0/s1. The Morgan fingerprint density at radius 3 is 2.87 bits per heavy atom. The van der Waals surface area contributed by atoms with Crippen LogP contribution in [-0.4, -0.2) is 81.3 Å². The van der Waals surface area contributed by atoms with Crippen molar-refractivity contribution in [2.45, 2.75) is 82.5 Å². The van der Waals surface area contributed by atoms with Gasteiger partial charge in [-0.15, -0.1) is 11.3 Å². The fraction of sp³-hybridized carbons (Fsp3) is 0.515. The Kier molecular flexibility index (Phi) is 8.23. The van der Waals surface area contributed by atoms with E-state index in [1.54, 1.807) is 32.4 Å². The van der Waals surface area contributed by atoms with E-state index in [0.29, 0.717) is 33.8 Å². The first-order valence-corrected chi connectivity index (χ1v) is 16.9. The molecule has 4 atom stereocenters. The number of nitrogens with two attached hydrogens (primary N) is 1. The molecule has 7 rings (SSSR count). The normalized spacial score (nSPS) is 22.9. The molecule has 0 bridgehead atoms. The number of fused-ring (bicyclic) bond motifs is 4. The number of nitrogen functional groups attached to an aromatic ring is 1. The molecule has 1 spiro atoms. The number of methoxy groups -OCH3 is 1. The van der Waals surface area contributed by atoms with Crippen molar-refractivity contribution in [1.29, 1.82) is 5.26 Å². The summed E-state index contributed by atoms with van der Waals surface area (Å²) in [6.07, 6.45) is 7.49. The summed E-state index contributed by atoms with van der Waals surface area (Å²) in [4.78, 5) is 25.5. The number of hydrogen-bond acceptors (Lipinski definition) is 13. The van der Waals surface area contributed by atoms with Crippen LogP contribution in [0.3, 0.4) is 0 Å². The summed E-state index contributed by atoms with van der Waals surface area (Å²) >= 11 is 1.51. The lowest BCUT2D eigenvalue weighted by Crippen LogP contribution is -2.44. The molecule has 2 N–H and O–H groups in total. The summed E-state index contributed by atoms with van der Waals surface area (Å²) < 4.78 is 25.2. The second-order valence-electron chi connectivity index (χ2n) is 12.5. The molecule has 4 aromatic rings. The van der Waals surface area contributed by atoms with Gasteiger partial charge in [0.25, 0.3) is 0 Å². The Hall–Kier alpha value is -4.32. The van der Waals surface area contributed by atoms with Crippen LogP contribution in [0.1, 0.15) is 83.8 Å². The van der Waals surface area contributed by atoms with E-state index < -0.39 is 11.4 Å². The van der Waals surface area contributed by atoms with Gasteiger partial charge in [-0.2, -0.15) is 15.3 Å². The molecule has 47 heavy (non-hydrogen) atoms. The molecular weight excluding hydrogens is 620 g/mol. The lowest BCUT2D eigenvalue weighted by molar-refractivity contribution is 0.0174. The van der Waals surface area contributed by atoms with Crippen LogP contribution < -0.4 is 10.5 Å². The number of anilines is 1. The first kappa shape index (κ1) is 31.3. The highest BCUT2D eigenvalue weighted by molar-refractivity contribution is 7.16. The van der Waals surface area contributed by atoms with Gasteiger partial charge in [0.15, 0.2) is 28.8 Å². The number of nitrogens with zero attached hydrogens (tertiary/aromatic N) is 7. The zero-order valence-electron chi connectivity index (χ0n) is 27.0. The number of likely N-dealkylation sites (tertiary alicyclic amines) is 1. The van der Waals surface area contributed by atoms with Crippen LogP contribution in [0.4, 0.5) is 5.00 Å². The van der Waals surface area contributed by atoms with Crippen molar-refractivity contribution in [2.24, 2.45) is 0 Å². The van der Waals surface area contributed by atoms with Gasteiger partial charge in [0.2, 0.25) is 5.88 Å². The van der Waals surface area contributed by atoms with Crippen LogP contribution in [0.25, 0.3) is 17.3 Å². The Bertz CT molecular complexity index is 1860. The number of aryl methyl sites for hydroxylation is 1. The lowest BCUT2D eigenvalue weighted by atomic mass is 9.63. The summed E-state index contributed by atoms with van der Waals surface area (Å²) in [6.45, 7) is 4.90. The number of esters is 1. The molecule has 1 fully saturated rings. The number of nitriles is 1. The van der Waals surface area contributed by atoms with Crippen LogP contribution >= 0.6 is 11.3 Å². The maximum Gasteiger partial charge on any atom is 0.358 e. The van der Waals surface area contributed by atoms with E-state index in [1.165, 1.54) is 16.0 Å². The van der Waals surface area contributed by atoms with Crippen molar-refractivity contribution >= 4 is 22.3 Å². The van der Waals surface area contributed by atoms with Gasteiger partial charge in [-0.05, 0) is 77.5 Å². The van der Waals surface area contributed by atoms with Gasteiger partial charge in [0.1, 0.15) is 17.2 Å². The van der Waals surface area contributed by atoms with E-state index in [1.807, 2.05) is 6.92 Å². The molecule has 0 saturated carbocycles. The second kappa shape index (κ2) is 12.4. The minimum absolute atomic E-state index is 0.0227. The molecule has 5 heterocycles. The number of likely N-dealkylation sites (N-methyl/N-ethyl adjacent to an activating group) is 1. The smallest absolute Gasteiger partial charge is 0.358 e. The third-order valence-corrected chi connectivity index (χ3v) is 10.9. The molecule has 1 saturated heterocycles. The number of rotatable bonds is 8. The van der Waals surface area contributed by atoms with E-state index in [9.17, 15) is 10.1 Å². The highest BCUT2D eigenvalue weighted by Crippen LogP contribution is 2.55. The van der Waals surface area contributed by atoms with Gasteiger partial charge in [0, 0.05) is 36.4 Å². The first-order chi connectivity index (χ1) is 22.8. The number of carbonyl (C=O) groups excluding carboxylic acids is 1. The van der Waals surface area contributed by atoms with E-state index in [-0.39, 0.29) is 30.6 Å². The predicted molar refractivity (Wildman–Crippen MR) is 173 cm³/mol. The number of ether oxygens (including phenoxy) is 3. The summed E-state index contributed by atoms with van der Waals surface area (Å²) in [5.41, 5.74) is 9.04. The Balaban J connectivity index is 1.32. The monoisotopic (exact) mass is 658 g/mol. The minimum atomic E-state index is -0.519. The topological polar surface area (TPSA) is 167 Å². The number of aromatic nitrogens is 5. The van der Waals surface area contributed by atoms with Crippen LogP contribution in [0, 0.1) is 11.3 Å². The van der Waals surface area contributed by atoms with Crippen molar-refractivity contribution in [3.63, 3.8) is 0 Å². The summed E-state index contributed by atoms with van der Waals surface area (Å²) in [5.74, 6) is 1.30.